The number of nitrogens with one attached hydrogen (secondary N) is 2. The molecule has 51 heavy (non-hydrogen) atoms. The third-order valence-corrected chi connectivity index (χ3v) is 11.1. The first-order valence-electron chi connectivity index (χ1n) is 19.0. The summed E-state index contributed by atoms with van der Waals surface area (Å²) in [6.45, 7) is 18.0. The smallest absolute Gasteiger partial charge is 0.245 e. The molecule has 1 aliphatic rings. The number of aliphatic hydroxyl groups excluding tert-OH is 1. The number of ether oxygens (including phenoxy) is 2. The number of carbonyl (C=O) groups is 4. The fraction of sp³-hybridized carbons (Fsp3) is 0.750. The van der Waals surface area contributed by atoms with Crippen molar-refractivity contribution in [3.63, 3.8) is 0 Å². The number of methoxy groups -OCH3 is 2. The van der Waals surface area contributed by atoms with Crippen LogP contribution in [0.3, 0.4) is 0 Å². The van der Waals surface area contributed by atoms with Gasteiger partial charge in [-0.05, 0) is 49.5 Å². The summed E-state index contributed by atoms with van der Waals surface area (Å²) in [6.07, 6.45) is 0.881. The molecular formula is C40H68N4O7. The van der Waals surface area contributed by atoms with Gasteiger partial charge in [-0.15, -0.1) is 0 Å². The molecule has 1 fully saturated rings. The van der Waals surface area contributed by atoms with E-state index in [-0.39, 0.29) is 59.8 Å². The van der Waals surface area contributed by atoms with E-state index < -0.39 is 42.4 Å². The molecule has 0 bridgehead atoms. The molecule has 3 N–H and O–H groups in total. The van der Waals surface area contributed by atoms with Crippen LogP contribution in [0.15, 0.2) is 30.3 Å². The Bertz CT molecular complexity index is 1240. The lowest BCUT2D eigenvalue weighted by atomic mass is 9.89. The van der Waals surface area contributed by atoms with Crippen molar-refractivity contribution < 1.29 is 33.8 Å². The van der Waals surface area contributed by atoms with Gasteiger partial charge in [0.05, 0.1) is 48.8 Å². The molecule has 0 radical (unpaired) electrons. The van der Waals surface area contributed by atoms with Gasteiger partial charge in [0, 0.05) is 33.7 Å². The minimum Gasteiger partial charge on any atom is -0.386 e. The number of carbonyl (C=O) groups excluding carboxylic acids is 4. The second-order valence-electron chi connectivity index (χ2n) is 15.2. The lowest BCUT2D eigenvalue weighted by molar-refractivity contribution is -0.148. The summed E-state index contributed by atoms with van der Waals surface area (Å²) in [7, 11) is 4.87. The highest BCUT2D eigenvalue weighted by molar-refractivity contribution is 5.89. The van der Waals surface area contributed by atoms with Crippen molar-refractivity contribution in [1.82, 2.24) is 20.4 Å². The van der Waals surface area contributed by atoms with Crippen molar-refractivity contribution in [3.05, 3.63) is 35.9 Å². The Balaban J connectivity index is 2.24. The number of likely N-dealkylation sites (N-methyl/N-ethyl adjacent to an activating group) is 1. The predicted molar refractivity (Wildman–Crippen MR) is 201 cm³/mol. The van der Waals surface area contributed by atoms with E-state index in [0.29, 0.717) is 24.9 Å². The Hall–Kier alpha value is -3.02. The molecule has 0 saturated carbocycles. The third kappa shape index (κ3) is 11.5. The van der Waals surface area contributed by atoms with Gasteiger partial charge in [-0.25, -0.2) is 0 Å². The quantitative estimate of drug-likeness (QED) is 0.173. The maximum atomic E-state index is 14.1. The fourth-order valence-electron chi connectivity index (χ4n) is 7.63. The van der Waals surface area contributed by atoms with Crippen molar-refractivity contribution in [2.24, 2.45) is 29.6 Å². The highest BCUT2D eigenvalue weighted by Gasteiger charge is 2.43. The number of benzene rings is 1. The summed E-state index contributed by atoms with van der Waals surface area (Å²) >= 11 is 0. The molecule has 4 amide bonds. The minimum atomic E-state index is -0.872. The molecule has 11 heteroatoms. The molecule has 11 nitrogen and oxygen atoms in total. The lowest BCUT2D eigenvalue weighted by Crippen LogP contribution is -2.58. The van der Waals surface area contributed by atoms with Gasteiger partial charge < -0.3 is 35.0 Å². The van der Waals surface area contributed by atoms with Gasteiger partial charge in [-0.2, -0.15) is 0 Å². The number of hydrogen-bond acceptors (Lipinski definition) is 7. The van der Waals surface area contributed by atoms with Crippen molar-refractivity contribution in [1.29, 1.82) is 0 Å². The molecule has 1 saturated heterocycles. The first kappa shape index (κ1) is 44.1. The zero-order valence-electron chi connectivity index (χ0n) is 33.3. The van der Waals surface area contributed by atoms with Gasteiger partial charge in [0.15, 0.2) is 0 Å². The summed E-state index contributed by atoms with van der Waals surface area (Å²) in [6, 6.07) is 7.19. The monoisotopic (exact) mass is 717 g/mol. The Labute approximate surface area is 307 Å². The van der Waals surface area contributed by atoms with Crippen LogP contribution in [0.4, 0.5) is 0 Å². The lowest BCUT2D eigenvalue weighted by Gasteiger charge is -2.41. The number of amides is 4. The second kappa shape index (κ2) is 20.9. The Morgan fingerprint density at radius 1 is 0.902 bits per heavy atom. The Kier molecular flexibility index (Phi) is 18.1. The largest absolute Gasteiger partial charge is 0.386 e. The van der Waals surface area contributed by atoms with Gasteiger partial charge in [0.25, 0.3) is 0 Å². The summed E-state index contributed by atoms with van der Waals surface area (Å²) in [5, 5.41) is 16.8. The minimum absolute atomic E-state index is 0.00249. The summed E-state index contributed by atoms with van der Waals surface area (Å²) < 4.78 is 11.9. The van der Waals surface area contributed by atoms with Crippen LogP contribution in [-0.4, -0.2) is 103 Å². The zero-order chi connectivity index (χ0) is 38.6. The molecular weight excluding hydrogens is 648 g/mol. The number of nitrogens with zero attached hydrogens (tertiary/aromatic N) is 2. The van der Waals surface area contributed by atoms with Crippen LogP contribution in [0, 0.1) is 29.6 Å². The van der Waals surface area contributed by atoms with Crippen LogP contribution >= 0.6 is 0 Å². The summed E-state index contributed by atoms with van der Waals surface area (Å²) in [5.74, 6) is -1.51. The molecule has 0 aromatic heterocycles. The normalized spacial score (nSPS) is 20.1. The first-order valence-corrected chi connectivity index (χ1v) is 19.0. The van der Waals surface area contributed by atoms with E-state index in [1.54, 1.807) is 44.9 Å². The van der Waals surface area contributed by atoms with Crippen LogP contribution < -0.4 is 10.6 Å². The van der Waals surface area contributed by atoms with Gasteiger partial charge in [0.1, 0.15) is 6.04 Å². The predicted octanol–water partition coefficient (Wildman–Crippen LogP) is 4.97. The molecule has 1 heterocycles. The van der Waals surface area contributed by atoms with Crippen LogP contribution in [0.2, 0.25) is 0 Å². The van der Waals surface area contributed by atoms with Gasteiger partial charge >= 0.3 is 0 Å². The number of aliphatic hydroxyl groups is 1. The average Bonchev–Trinajstić information content (AvgIpc) is 3.59. The van der Waals surface area contributed by atoms with E-state index >= 15 is 0 Å². The molecule has 2 rings (SSSR count). The molecule has 1 aromatic rings. The topological polar surface area (TPSA) is 138 Å². The highest BCUT2D eigenvalue weighted by atomic mass is 16.5. The van der Waals surface area contributed by atoms with Crippen molar-refractivity contribution in [3.8, 4) is 0 Å². The SMILES string of the molecule is CC[C@@H](C)[C@H]([C@H](CC(=O)N1CCC[C@@H]1[C@@H](OC)[C@H](C)C(=O)N[C@@H](C)[C@H](O)c1ccccc1)OC)N(C)C(=O)C(NC(=O)[C@H](CC)C(C)C)C(C)C. The van der Waals surface area contributed by atoms with Crippen LogP contribution in [0.1, 0.15) is 106 Å². The van der Waals surface area contributed by atoms with Crippen LogP contribution in [0.25, 0.3) is 0 Å². The molecule has 1 aromatic carbocycles. The van der Waals surface area contributed by atoms with E-state index in [1.807, 2.05) is 71.9 Å². The Morgan fingerprint density at radius 3 is 2.04 bits per heavy atom. The molecule has 1 unspecified atom stereocenters. The highest BCUT2D eigenvalue weighted by Crippen LogP contribution is 2.30. The molecule has 0 aliphatic carbocycles. The second-order valence-corrected chi connectivity index (χ2v) is 15.2. The van der Waals surface area contributed by atoms with Gasteiger partial charge in [0.2, 0.25) is 23.6 Å². The average molecular weight is 717 g/mol. The zero-order valence-corrected chi connectivity index (χ0v) is 33.3. The number of likely N-dealkylation sites (tertiary alicyclic amines) is 1. The molecule has 10 atom stereocenters. The van der Waals surface area contributed by atoms with Crippen molar-refractivity contribution >= 4 is 23.6 Å². The van der Waals surface area contributed by atoms with Crippen molar-refractivity contribution in [2.45, 2.75) is 137 Å². The van der Waals surface area contributed by atoms with Crippen LogP contribution in [0.5, 0.6) is 0 Å². The van der Waals surface area contributed by atoms with Gasteiger partial charge in [-0.3, -0.25) is 19.2 Å². The standard InChI is InChI=1S/C40H68N4O7/c1-13-26(7)35(43(10)40(49)34(25(5)6)42-39(48)30(14-2)24(3)4)32(50-11)23-33(45)44-22-18-21-31(44)37(51-12)27(8)38(47)41-28(9)36(46)29-19-16-15-17-20-29/h15-17,19-20,24-28,30-32,34-37,46H,13-14,18,21-23H2,1-12H3,(H,41,47)(H,42,48)/t26-,27+,28+,30-,31-,32+,34?,35-,36+,37+/m1/s1. The van der Waals surface area contributed by atoms with E-state index in [4.69, 9.17) is 9.47 Å². The van der Waals surface area contributed by atoms with E-state index in [1.165, 1.54) is 0 Å². The maximum absolute atomic E-state index is 14.1. The molecule has 0 spiro atoms. The van der Waals surface area contributed by atoms with Crippen LogP contribution in [-0.2, 0) is 28.7 Å². The molecule has 1 aliphatic heterocycles. The first-order chi connectivity index (χ1) is 24.0. The van der Waals surface area contributed by atoms with E-state index in [2.05, 4.69) is 17.6 Å². The summed E-state index contributed by atoms with van der Waals surface area (Å²) in [4.78, 5) is 58.4. The third-order valence-electron chi connectivity index (χ3n) is 11.1. The van der Waals surface area contributed by atoms with E-state index in [9.17, 15) is 24.3 Å². The van der Waals surface area contributed by atoms with E-state index in [0.717, 1.165) is 12.8 Å². The van der Waals surface area contributed by atoms with Crippen molar-refractivity contribution in [2.75, 3.05) is 27.8 Å². The fourth-order valence-corrected chi connectivity index (χ4v) is 7.63. The Morgan fingerprint density at radius 2 is 1.53 bits per heavy atom. The molecule has 290 valence electrons. The maximum Gasteiger partial charge on any atom is 0.245 e. The number of rotatable bonds is 20. The van der Waals surface area contributed by atoms with Gasteiger partial charge in [-0.1, -0.05) is 92.1 Å². The number of hydrogen-bond donors (Lipinski definition) is 3. The summed E-state index contributed by atoms with van der Waals surface area (Å²) in [5.41, 5.74) is 0.713.